The summed E-state index contributed by atoms with van der Waals surface area (Å²) in [5.41, 5.74) is 0. The lowest BCUT2D eigenvalue weighted by Crippen LogP contribution is -2.61. The third-order valence-electron chi connectivity index (χ3n) is 12.8. The predicted octanol–water partition coefficient (Wildman–Crippen LogP) is 9.96. The van der Waals surface area contributed by atoms with E-state index in [2.05, 4.69) is 117 Å². The molecule has 0 saturated carbocycles. The van der Waals surface area contributed by atoms with E-state index in [1.807, 2.05) is 6.08 Å². The van der Waals surface area contributed by atoms with Gasteiger partial charge in [0.1, 0.15) is 54.9 Å². The average Bonchev–Trinajstić information content (AvgIpc) is 3.41. The molecule has 2 fully saturated rings. The van der Waals surface area contributed by atoms with Crippen molar-refractivity contribution < 1.29 is 69.0 Å². The second-order valence-corrected chi connectivity index (χ2v) is 19.3. The lowest BCUT2D eigenvalue weighted by Gasteiger charge is -2.42. The first-order valence-corrected chi connectivity index (χ1v) is 28.5. The van der Waals surface area contributed by atoms with Gasteiger partial charge in [-0.25, -0.2) is 0 Å². The number of aliphatic hydroxyl groups is 7. The van der Waals surface area contributed by atoms with Gasteiger partial charge in [0.15, 0.2) is 12.6 Å². The Labute approximate surface area is 451 Å². The van der Waals surface area contributed by atoms with Gasteiger partial charge in [-0.15, -0.1) is 0 Å². The van der Waals surface area contributed by atoms with Crippen LogP contribution >= 0.6 is 0 Å². The number of allylic oxidation sites excluding steroid dienone is 17. The van der Waals surface area contributed by atoms with Crippen molar-refractivity contribution in [2.75, 3.05) is 33.0 Å². The number of esters is 1. The van der Waals surface area contributed by atoms with Crippen LogP contribution < -0.4 is 0 Å². The maximum absolute atomic E-state index is 13.1. The zero-order chi connectivity index (χ0) is 54.4. The SMILES string of the molecule is CC/C=C\C/C=C\C/C=C\C/C=C\C/C=C\CCOCC(COC1OC(COC2OC(CO)C(O)C(O)C2O)C(O)C(O)C1O)OC(=O)CCCCCCCCCCCCCC/C=C\C/C=C\C/C=C\C/C=C\CC. The zero-order valence-electron chi connectivity index (χ0n) is 45.7. The number of hydrogen-bond donors (Lipinski definition) is 7. The van der Waals surface area contributed by atoms with E-state index in [1.165, 1.54) is 51.4 Å². The van der Waals surface area contributed by atoms with Gasteiger partial charge in [-0.1, -0.05) is 187 Å². The maximum Gasteiger partial charge on any atom is 0.306 e. The fraction of sp³-hybridized carbons (Fsp3) is 0.689. The molecule has 14 heteroatoms. The number of unbranched alkanes of at least 4 members (excludes halogenated alkanes) is 12. The predicted molar refractivity (Wildman–Crippen MR) is 297 cm³/mol. The Balaban J connectivity index is 1.73. The van der Waals surface area contributed by atoms with Crippen LogP contribution in [0.3, 0.4) is 0 Å². The Morgan fingerprint density at radius 2 is 0.827 bits per heavy atom. The summed E-state index contributed by atoms with van der Waals surface area (Å²) in [5.74, 6) is -0.408. The molecule has 2 saturated heterocycles. The van der Waals surface area contributed by atoms with Crippen molar-refractivity contribution in [3.63, 3.8) is 0 Å². The quantitative estimate of drug-likeness (QED) is 0.0172. The van der Waals surface area contributed by atoms with Crippen molar-refractivity contribution in [1.29, 1.82) is 0 Å². The van der Waals surface area contributed by atoms with E-state index in [4.69, 9.17) is 28.4 Å². The summed E-state index contributed by atoms with van der Waals surface area (Å²) in [5, 5.41) is 72.3. The summed E-state index contributed by atoms with van der Waals surface area (Å²) in [6.45, 7) is 3.22. The van der Waals surface area contributed by atoms with Gasteiger partial charge in [-0.3, -0.25) is 4.79 Å². The van der Waals surface area contributed by atoms with Crippen LogP contribution in [0.4, 0.5) is 0 Å². The third kappa shape index (κ3) is 33.5. The third-order valence-corrected chi connectivity index (χ3v) is 12.8. The second-order valence-electron chi connectivity index (χ2n) is 19.3. The zero-order valence-corrected chi connectivity index (χ0v) is 45.7. The number of hydrogen-bond acceptors (Lipinski definition) is 14. The Hall–Kier alpha value is -3.35. The van der Waals surface area contributed by atoms with Crippen LogP contribution in [0, 0.1) is 0 Å². The highest BCUT2D eigenvalue weighted by atomic mass is 16.7. The van der Waals surface area contributed by atoms with Crippen molar-refractivity contribution in [3.05, 3.63) is 109 Å². The summed E-state index contributed by atoms with van der Waals surface area (Å²) >= 11 is 0. The molecular formula is C61H100O14. The fourth-order valence-corrected chi connectivity index (χ4v) is 8.28. The van der Waals surface area contributed by atoms with Crippen molar-refractivity contribution in [1.82, 2.24) is 0 Å². The molecule has 14 nitrogen and oxygen atoms in total. The van der Waals surface area contributed by atoms with Gasteiger partial charge < -0.3 is 64.2 Å². The highest BCUT2D eigenvalue weighted by Crippen LogP contribution is 2.26. The highest BCUT2D eigenvalue weighted by molar-refractivity contribution is 5.69. The lowest BCUT2D eigenvalue weighted by atomic mass is 9.98. The van der Waals surface area contributed by atoms with E-state index >= 15 is 0 Å². The van der Waals surface area contributed by atoms with E-state index in [-0.39, 0.29) is 19.6 Å². The van der Waals surface area contributed by atoms with E-state index in [0.29, 0.717) is 19.4 Å². The number of carbonyl (C=O) groups excluding carboxylic acids is 1. The van der Waals surface area contributed by atoms with Crippen LogP contribution in [-0.4, -0.2) is 142 Å². The van der Waals surface area contributed by atoms with Crippen molar-refractivity contribution in [2.24, 2.45) is 0 Å². The fourth-order valence-electron chi connectivity index (χ4n) is 8.28. The van der Waals surface area contributed by atoms with E-state index in [1.54, 1.807) is 0 Å². The topological polar surface area (TPSA) is 214 Å². The van der Waals surface area contributed by atoms with Gasteiger partial charge in [0.25, 0.3) is 0 Å². The number of ether oxygens (including phenoxy) is 6. The molecule has 2 aliphatic heterocycles. The maximum atomic E-state index is 13.1. The van der Waals surface area contributed by atoms with Crippen LogP contribution in [0.5, 0.6) is 0 Å². The molecule has 0 aromatic rings. The summed E-state index contributed by atoms with van der Waals surface area (Å²) in [7, 11) is 0. The second kappa shape index (κ2) is 46.7. The largest absolute Gasteiger partial charge is 0.457 e. The van der Waals surface area contributed by atoms with Crippen LogP contribution in [0.1, 0.15) is 168 Å². The Morgan fingerprint density at radius 1 is 0.440 bits per heavy atom. The first kappa shape index (κ1) is 67.8. The monoisotopic (exact) mass is 1060 g/mol. The Kier molecular flexibility index (Phi) is 42.2. The molecule has 0 radical (unpaired) electrons. The minimum Gasteiger partial charge on any atom is -0.457 e. The standard InChI is InChI=1S/C61H100O14/c1-3-5-7-9-11-13-15-17-19-21-22-23-24-25-26-27-28-29-30-32-34-36-38-40-42-44-53(63)73-50(47-70-45-43-41-39-37-35-33-31-20-18-16-14-12-10-8-6-4-2)48-71-60-59(69)57(67)55(65)52(75-60)49-72-61-58(68)56(66)54(64)51(46-62)74-61/h5-8,11-14,17-20,22-23,33,35,39,41,50-52,54-62,64-69H,3-4,9-10,15-16,21,24-32,34,36-38,40,42-49H2,1-2H3/b7-5-,8-6-,13-11-,14-12-,19-17-,20-18-,23-22-,35-33-,41-39-. The van der Waals surface area contributed by atoms with E-state index < -0.39 is 86.7 Å². The molecule has 2 aliphatic rings. The highest BCUT2D eigenvalue weighted by Gasteiger charge is 2.47. The molecule has 0 spiro atoms. The van der Waals surface area contributed by atoms with Gasteiger partial charge in [0.05, 0.1) is 33.0 Å². The normalized spacial score (nSPS) is 25.5. The van der Waals surface area contributed by atoms with Gasteiger partial charge in [0.2, 0.25) is 0 Å². The first-order chi connectivity index (χ1) is 36.6. The van der Waals surface area contributed by atoms with E-state index in [9.17, 15) is 40.5 Å². The summed E-state index contributed by atoms with van der Waals surface area (Å²) in [4.78, 5) is 13.1. The number of carbonyl (C=O) groups is 1. The average molecular weight is 1060 g/mol. The molecular weight excluding hydrogens is 957 g/mol. The minimum atomic E-state index is -1.73. The molecule has 0 aliphatic carbocycles. The summed E-state index contributed by atoms with van der Waals surface area (Å²) in [6.07, 6.45) is 47.4. The van der Waals surface area contributed by atoms with Gasteiger partial charge >= 0.3 is 5.97 Å². The molecule has 2 heterocycles. The molecule has 0 aromatic carbocycles. The Bertz CT molecular complexity index is 1650. The molecule has 0 aromatic heterocycles. The molecule has 11 atom stereocenters. The molecule has 11 unspecified atom stereocenters. The molecule has 2 rings (SSSR count). The van der Waals surface area contributed by atoms with Crippen molar-refractivity contribution >= 4 is 5.97 Å². The molecule has 7 N–H and O–H groups in total. The molecule has 428 valence electrons. The van der Waals surface area contributed by atoms with Crippen LogP contribution in [0.2, 0.25) is 0 Å². The first-order valence-electron chi connectivity index (χ1n) is 28.5. The van der Waals surface area contributed by atoms with Gasteiger partial charge in [-0.05, 0) is 83.5 Å². The van der Waals surface area contributed by atoms with Crippen LogP contribution in [0.25, 0.3) is 0 Å². The number of aliphatic hydroxyl groups excluding tert-OH is 7. The minimum absolute atomic E-state index is 0.000119. The van der Waals surface area contributed by atoms with Crippen molar-refractivity contribution in [2.45, 2.75) is 235 Å². The summed E-state index contributed by atoms with van der Waals surface area (Å²) in [6, 6.07) is 0. The summed E-state index contributed by atoms with van der Waals surface area (Å²) < 4.78 is 34.2. The van der Waals surface area contributed by atoms with Gasteiger partial charge in [0, 0.05) is 6.42 Å². The Morgan fingerprint density at radius 3 is 1.29 bits per heavy atom. The molecule has 0 bridgehead atoms. The molecule has 0 amide bonds. The molecule has 75 heavy (non-hydrogen) atoms. The van der Waals surface area contributed by atoms with Crippen LogP contribution in [-0.2, 0) is 33.2 Å². The number of rotatable bonds is 44. The lowest BCUT2D eigenvalue weighted by molar-refractivity contribution is -0.332. The van der Waals surface area contributed by atoms with E-state index in [0.717, 1.165) is 83.5 Å². The van der Waals surface area contributed by atoms with Gasteiger partial charge in [-0.2, -0.15) is 0 Å². The smallest absolute Gasteiger partial charge is 0.306 e. The van der Waals surface area contributed by atoms with Crippen LogP contribution in [0.15, 0.2) is 109 Å². The van der Waals surface area contributed by atoms with Crippen molar-refractivity contribution in [3.8, 4) is 0 Å².